The van der Waals surface area contributed by atoms with Gasteiger partial charge in [0, 0.05) is 31.6 Å². The van der Waals surface area contributed by atoms with Crippen LogP contribution >= 0.6 is 0 Å². The van der Waals surface area contributed by atoms with E-state index in [0.29, 0.717) is 18.9 Å². The number of amides is 3. The Morgan fingerprint density at radius 2 is 1.78 bits per heavy atom. The van der Waals surface area contributed by atoms with Gasteiger partial charge in [-0.3, -0.25) is 4.79 Å². The predicted molar refractivity (Wildman–Crippen MR) is 107 cm³/mol. The van der Waals surface area contributed by atoms with Gasteiger partial charge in [-0.1, -0.05) is 12.1 Å². The molecular weight excluding hydrogens is 342 g/mol. The van der Waals surface area contributed by atoms with Crippen LogP contribution in [0.3, 0.4) is 0 Å². The zero-order valence-electron chi connectivity index (χ0n) is 17.0. The number of benzene rings is 1. The number of hydrogen-bond donors (Lipinski definition) is 2. The minimum absolute atomic E-state index is 0.00415. The van der Waals surface area contributed by atoms with Crippen molar-refractivity contribution in [2.75, 3.05) is 26.7 Å². The van der Waals surface area contributed by atoms with Crippen LogP contribution in [0.1, 0.15) is 45.6 Å². The van der Waals surface area contributed by atoms with E-state index in [1.807, 2.05) is 49.9 Å². The fourth-order valence-corrected chi connectivity index (χ4v) is 3.14. The number of hydrogen-bond acceptors (Lipinski definition) is 3. The quantitative estimate of drug-likeness (QED) is 0.803. The minimum atomic E-state index is -0.216. The molecule has 150 valence electrons. The van der Waals surface area contributed by atoms with Crippen LogP contribution in [0.2, 0.25) is 0 Å². The van der Waals surface area contributed by atoms with Gasteiger partial charge < -0.3 is 20.3 Å². The summed E-state index contributed by atoms with van der Waals surface area (Å²) in [6.07, 6.45) is 3.06. The first kappa shape index (κ1) is 21.1. The Labute approximate surface area is 162 Å². The van der Waals surface area contributed by atoms with E-state index in [9.17, 15) is 9.59 Å². The number of likely N-dealkylation sites (tertiary alicyclic amines) is 1. The van der Waals surface area contributed by atoms with Gasteiger partial charge in [0.15, 0.2) is 0 Å². The van der Waals surface area contributed by atoms with E-state index in [1.54, 1.807) is 7.11 Å². The second-order valence-electron chi connectivity index (χ2n) is 8.26. The Kier molecular flexibility index (Phi) is 7.51. The average Bonchev–Trinajstić information content (AvgIpc) is 2.64. The number of ether oxygens (including phenoxy) is 1. The molecule has 1 aromatic carbocycles. The summed E-state index contributed by atoms with van der Waals surface area (Å²) in [6, 6.07) is 7.81. The van der Waals surface area contributed by atoms with Crippen LogP contribution in [0.5, 0.6) is 5.75 Å². The first-order valence-corrected chi connectivity index (χ1v) is 9.73. The number of rotatable bonds is 6. The molecule has 1 heterocycles. The molecular formula is C21H33N3O3. The Morgan fingerprint density at radius 1 is 1.15 bits per heavy atom. The van der Waals surface area contributed by atoms with E-state index < -0.39 is 0 Å². The Hall–Kier alpha value is -2.24. The average molecular weight is 376 g/mol. The summed E-state index contributed by atoms with van der Waals surface area (Å²) >= 11 is 0. The molecule has 1 saturated heterocycles. The molecule has 2 N–H and O–H groups in total. The maximum Gasteiger partial charge on any atom is 0.317 e. The molecule has 0 radical (unpaired) electrons. The van der Waals surface area contributed by atoms with Gasteiger partial charge >= 0.3 is 6.03 Å². The normalized spacial score (nSPS) is 15.3. The summed E-state index contributed by atoms with van der Waals surface area (Å²) in [7, 11) is 1.64. The molecule has 6 nitrogen and oxygen atoms in total. The van der Waals surface area contributed by atoms with Crippen LogP contribution in [0, 0.1) is 5.92 Å². The molecule has 1 aliphatic rings. The lowest BCUT2D eigenvalue weighted by molar-refractivity contribution is -0.121. The predicted octanol–water partition coefficient (Wildman–Crippen LogP) is 2.96. The van der Waals surface area contributed by atoms with Gasteiger partial charge in [0.05, 0.1) is 7.11 Å². The molecule has 0 spiro atoms. The molecule has 1 fully saturated rings. The second-order valence-corrected chi connectivity index (χ2v) is 8.26. The van der Waals surface area contributed by atoms with Gasteiger partial charge in [0.2, 0.25) is 5.91 Å². The first-order valence-electron chi connectivity index (χ1n) is 9.73. The summed E-state index contributed by atoms with van der Waals surface area (Å²) in [5, 5.41) is 6.05. The maximum atomic E-state index is 12.2. The standard InChI is InChI=1S/C21H33N3O3/c1-21(2,3)23-20(26)24-13-11-17(12-14-24)15-22-19(25)10-7-16-5-8-18(27-4)9-6-16/h5-6,8-9,17H,7,10-15H2,1-4H3,(H,22,25)(H,23,26). The number of nitrogens with zero attached hydrogens (tertiary/aromatic N) is 1. The number of methoxy groups -OCH3 is 1. The molecule has 2 rings (SSSR count). The summed E-state index contributed by atoms with van der Waals surface area (Å²) in [5.41, 5.74) is 0.912. The van der Waals surface area contributed by atoms with Gasteiger partial charge in [-0.05, 0) is 63.6 Å². The highest BCUT2D eigenvalue weighted by atomic mass is 16.5. The van der Waals surface area contributed by atoms with Crippen LogP contribution in [-0.4, -0.2) is 49.1 Å². The molecule has 3 amide bonds. The zero-order valence-corrected chi connectivity index (χ0v) is 17.0. The van der Waals surface area contributed by atoms with Crippen LogP contribution < -0.4 is 15.4 Å². The molecule has 27 heavy (non-hydrogen) atoms. The van der Waals surface area contributed by atoms with Crippen LogP contribution in [-0.2, 0) is 11.2 Å². The molecule has 0 aliphatic carbocycles. The number of nitrogens with one attached hydrogen (secondary N) is 2. The number of piperidine rings is 1. The van der Waals surface area contributed by atoms with Crippen molar-refractivity contribution in [1.82, 2.24) is 15.5 Å². The molecule has 0 bridgehead atoms. The van der Waals surface area contributed by atoms with Crippen LogP contribution in [0.25, 0.3) is 0 Å². The van der Waals surface area contributed by atoms with Crippen LogP contribution in [0.15, 0.2) is 24.3 Å². The lowest BCUT2D eigenvalue weighted by Crippen LogP contribution is -2.51. The van der Waals surface area contributed by atoms with Crippen molar-refractivity contribution in [3.05, 3.63) is 29.8 Å². The third-order valence-electron chi connectivity index (χ3n) is 4.77. The van der Waals surface area contributed by atoms with Crippen molar-refractivity contribution in [3.63, 3.8) is 0 Å². The van der Waals surface area contributed by atoms with Gasteiger partial charge in [-0.15, -0.1) is 0 Å². The number of urea groups is 1. The van der Waals surface area contributed by atoms with Crippen molar-refractivity contribution in [1.29, 1.82) is 0 Å². The van der Waals surface area contributed by atoms with Crippen molar-refractivity contribution >= 4 is 11.9 Å². The van der Waals surface area contributed by atoms with Crippen molar-refractivity contribution in [3.8, 4) is 5.75 Å². The van der Waals surface area contributed by atoms with E-state index in [1.165, 1.54) is 0 Å². The summed E-state index contributed by atoms with van der Waals surface area (Å²) in [6.45, 7) is 8.14. The van der Waals surface area contributed by atoms with E-state index in [4.69, 9.17) is 4.74 Å². The van der Waals surface area contributed by atoms with Crippen molar-refractivity contribution in [2.24, 2.45) is 5.92 Å². The van der Waals surface area contributed by atoms with Crippen LogP contribution in [0.4, 0.5) is 4.79 Å². The fourth-order valence-electron chi connectivity index (χ4n) is 3.14. The maximum absolute atomic E-state index is 12.2. The summed E-state index contributed by atoms with van der Waals surface area (Å²) in [5.74, 6) is 1.35. The zero-order chi connectivity index (χ0) is 19.9. The van der Waals surface area contributed by atoms with E-state index in [2.05, 4.69) is 10.6 Å². The topological polar surface area (TPSA) is 70.7 Å². The number of carbonyl (C=O) groups is 2. The molecule has 6 heteroatoms. The smallest absolute Gasteiger partial charge is 0.317 e. The Morgan fingerprint density at radius 3 is 2.33 bits per heavy atom. The Bertz CT molecular complexity index is 615. The highest BCUT2D eigenvalue weighted by Crippen LogP contribution is 2.17. The van der Waals surface area contributed by atoms with E-state index in [-0.39, 0.29) is 17.5 Å². The van der Waals surface area contributed by atoms with Gasteiger partial charge in [-0.2, -0.15) is 0 Å². The number of carbonyl (C=O) groups excluding carboxylic acids is 2. The largest absolute Gasteiger partial charge is 0.497 e. The molecule has 1 aliphatic heterocycles. The fraction of sp³-hybridized carbons (Fsp3) is 0.619. The molecule has 0 atom stereocenters. The molecule has 1 aromatic rings. The van der Waals surface area contributed by atoms with E-state index >= 15 is 0 Å². The lowest BCUT2D eigenvalue weighted by atomic mass is 9.97. The summed E-state index contributed by atoms with van der Waals surface area (Å²) in [4.78, 5) is 26.2. The highest BCUT2D eigenvalue weighted by Gasteiger charge is 2.25. The van der Waals surface area contributed by atoms with Gasteiger partial charge in [-0.25, -0.2) is 4.79 Å². The third-order valence-corrected chi connectivity index (χ3v) is 4.77. The lowest BCUT2D eigenvalue weighted by Gasteiger charge is -2.34. The number of aryl methyl sites for hydroxylation is 1. The molecule has 0 unspecified atom stereocenters. The second kappa shape index (κ2) is 9.62. The van der Waals surface area contributed by atoms with Crippen molar-refractivity contribution in [2.45, 2.75) is 52.0 Å². The SMILES string of the molecule is COc1ccc(CCC(=O)NCC2CCN(C(=O)NC(C)(C)C)CC2)cc1. The monoisotopic (exact) mass is 375 g/mol. The Balaban J connectivity index is 1.64. The van der Waals surface area contributed by atoms with E-state index in [0.717, 1.165) is 43.7 Å². The molecule has 0 saturated carbocycles. The van der Waals surface area contributed by atoms with Crippen molar-refractivity contribution < 1.29 is 14.3 Å². The third kappa shape index (κ3) is 7.49. The van der Waals surface area contributed by atoms with Gasteiger partial charge in [0.1, 0.15) is 5.75 Å². The first-order chi connectivity index (χ1) is 12.8. The highest BCUT2D eigenvalue weighted by molar-refractivity contribution is 5.76. The molecule has 0 aromatic heterocycles. The minimum Gasteiger partial charge on any atom is -0.497 e. The summed E-state index contributed by atoms with van der Waals surface area (Å²) < 4.78 is 5.14. The van der Waals surface area contributed by atoms with Gasteiger partial charge in [0.25, 0.3) is 0 Å².